The molecule has 1 aliphatic rings. The van der Waals surface area contributed by atoms with Crippen molar-refractivity contribution in [3.8, 4) is 0 Å². The van der Waals surface area contributed by atoms with Gasteiger partial charge in [0.05, 0.1) is 4.90 Å². The van der Waals surface area contributed by atoms with E-state index in [0.717, 1.165) is 34.3 Å². The fraction of sp³-hybridized carbons (Fsp3) is 0.367. The Labute approximate surface area is 235 Å². The molecule has 4 rings (SSSR count). The van der Waals surface area contributed by atoms with Gasteiger partial charge in [-0.15, -0.1) is 0 Å². The molecule has 0 fully saturated rings. The number of fused-ring (bicyclic) bond motifs is 1. The molecule has 0 spiro atoms. The first-order chi connectivity index (χ1) is 17.9. The molecule has 0 aromatic heterocycles. The third-order valence-corrected chi connectivity index (χ3v) is 9.40. The van der Waals surface area contributed by atoms with Crippen LogP contribution in [0.3, 0.4) is 0 Å². The van der Waals surface area contributed by atoms with Crippen molar-refractivity contribution in [3.63, 3.8) is 0 Å². The monoisotopic (exact) mass is 597 g/mol. The molecule has 3 aromatic carbocycles. The number of rotatable bonds is 8. The first-order valence-corrected chi connectivity index (χ1v) is 15.1. The number of carbonyl (C=O) groups is 1. The fourth-order valence-corrected chi connectivity index (χ4v) is 6.28. The molecule has 0 bridgehead atoms. The van der Waals surface area contributed by atoms with Crippen LogP contribution in [0.1, 0.15) is 53.4 Å². The Bertz CT molecular complexity index is 1380. The Morgan fingerprint density at radius 2 is 1.68 bits per heavy atom. The zero-order chi connectivity index (χ0) is 27.5. The van der Waals surface area contributed by atoms with E-state index in [2.05, 4.69) is 59.1 Å². The summed E-state index contributed by atoms with van der Waals surface area (Å²) in [4.78, 5) is 15.6. The fourth-order valence-electron chi connectivity index (χ4n) is 4.60. The van der Waals surface area contributed by atoms with E-state index in [1.807, 2.05) is 43.3 Å². The van der Waals surface area contributed by atoms with Crippen molar-refractivity contribution in [3.05, 3.63) is 99.0 Å². The van der Waals surface area contributed by atoms with Crippen molar-refractivity contribution < 1.29 is 13.2 Å². The molecule has 0 saturated heterocycles. The largest absolute Gasteiger partial charge is 0.351 e. The van der Waals surface area contributed by atoms with Crippen LogP contribution < -0.4 is 5.32 Å². The summed E-state index contributed by atoms with van der Waals surface area (Å²) >= 11 is 3.49. The second-order valence-corrected chi connectivity index (χ2v) is 13.7. The van der Waals surface area contributed by atoms with Gasteiger partial charge in [-0.05, 0) is 87.2 Å². The van der Waals surface area contributed by atoms with E-state index in [1.54, 1.807) is 18.2 Å². The van der Waals surface area contributed by atoms with Crippen LogP contribution >= 0.6 is 15.9 Å². The van der Waals surface area contributed by atoms with Gasteiger partial charge in [-0.3, -0.25) is 9.69 Å². The summed E-state index contributed by atoms with van der Waals surface area (Å²) in [6.45, 7) is 11.2. The van der Waals surface area contributed by atoms with Crippen LogP contribution in [0.2, 0.25) is 0 Å². The molecule has 0 saturated carbocycles. The first kappa shape index (κ1) is 28.5. The lowest BCUT2D eigenvalue weighted by atomic mass is 9.98. The molecule has 1 N–H and O–H groups in total. The van der Waals surface area contributed by atoms with Gasteiger partial charge in [-0.25, -0.2) is 8.42 Å². The van der Waals surface area contributed by atoms with Gasteiger partial charge in [0.2, 0.25) is 10.0 Å². The molecule has 0 unspecified atom stereocenters. The number of amides is 1. The summed E-state index contributed by atoms with van der Waals surface area (Å²) in [6.07, 6.45) is 0.576. The predicted molar refractivity (Wildman–Crippen MR) is 156 cm³/mol. The van der Waals surface area contributed by atoms with Crippen LogP contribution in [0.5, 0.6) is 0 Å². The maximum Gasteiger partial charge on any atom is 0.251 e. The quantitative estimate of drug-likeness (QED) is 0.370. The molecule has 1 aliphatic heterocycles. The molecule has 38 heavy (non-hydrogen) atoms. The van der Waals surface area contributed by atoms with E-state index in [-0.39, 0.29) is 11.4 Å². The minimum atomic E-state index is -3.56. The highest BCUT2D eigenvalue weighted by molar-refractivity contribution is 9.10. The average Bonchev–Trinajstić information content (AvgIpc) is 2.88. The van der Waals surface area contributed by atoms with E-state index >= 15 is 0 Å². The van der Waals surface area contributed by atoms with Crippen LogP contribution in [0.4, 0.5) is 0 Å². The number of hydrogen-bond donors (Lipinski definition) is 1. The molecule has 0 aliphatic carbocycles. The van der Waals surface area contributed by atoms with E-state index in [9.17, 15) is 13.2 Å². The minimum Gasteiger partial charge on any atom is -0.351 e. The lowest BCUT2D eigenvalue weighted by Crippen LogP contribution is -2.45. The van der Waals surface area contributed by atoms with E-state index < -0.39 is 10.0 Å². The van der Waals surface area contributed by atoms with Crippen molar-refractivity contribution >= 4 is 31.9 Å². The number of carbonyl (C=O) groups excluding carboxylic acids is 1. The lowest BCUT2D eigenvalue weighted by molar-refractivity contribution is 0.0921. The molecule has 0 radical (unpaired) electrons. The van der Waals surface area contributed by atoms with E-state index in [1.165, 1.54) is 9.87 Å². The van der Waals surface area contributed by atoms with Gasteiger partial charge in [0.15, 0.2) is 0 Å². The van der Waals surface area contributed by atoms with E-state index in [4.69, 9.17) is 0 Å². The third kappa shape index (κ3) is 6.91. The standard InChI is InChI=1S/C30H36BrN3O3S/c1-22-5-13-28(14-6-22)38(36,37)34-17-15-24-19-25(9-10-26(24)21-34)29(35)32-16-18-33(30(2,3)4)20-23-7-11-27(31)12-8-23/h5-14,19H,15-18,20-21H2,1-4H3,(H,32,35). The number of benzene rings is 3. The summed E-state index contributed by atoms with van der Waals surface area (Å²) in [5, 5.41) is 3.07. The highest BCUT2D eigenvalue weighted by atomic mass is 79.9. The van der Waals surface area contributed by atoms with Gasteiger partial charge in [0, 0.05) is 48.3 Å². The maximum atomic E-state index is 13.1. The van der Waals surface area contributed by atoms with Crippen molar-refractivity contribution in [1.82, 2.24) is 14.5 Å². The van der Waals surface area contributed by atoms with Crippen LogP contribution in [0.25, 0.3) is 0 Å². The molecule has 1 amide bonds. The number of nitrogens with one attached hydrogen (secondary N) is 1. The van der Waals surface area contributed by atoms with Crippen LogP contribution in [-0.2, 0) is 29.5 Å². The summed E-state index contributed by atoms with van der Waals surface area (Å²) in [7, 11) is -3.56. The van der Waals surface area contributed by atoms with Crippen molar-refractivity contribution in [2.45, 2.75) is 57.6 Å². The Hall–Kier alpha value is -2.52. The Kier molecular flexibility index (Phi) is 8.77. The van der Waals surface area contributed by atoms with Crippen LogP contribution in [0, 0.1) is 6.92 Å². The highest BCUT2D eigenvalue weighted by Crippen LogP contribution is 2.26. The first-order valence-electron chi connectivity index (χ1n) is 12.9. The Balaban J connectivity index is 1.36. The summed E-state index contributed by atoms with van der Waals surface area (Å²) in [5.74, 6) is -0.111. The number of halogens is 1. The molecule has 0 atom stereocenters. The molecule has 8 heteroatoms. The van der Waals surface area contributed by atoms with Crippen molar-refractivity contribution in [1.29, 1.82) is 0 Å². The average molecular weight is 599 g/mol. The minimum absolute atomic E-state index is 0.0472. The Morgan fingerprint density at radius 1 is 1.00 bits per heavy atom. The second-order valence-electron chi connectivity index (χ2n) is 10.9. The number of sulfonamides is 1. The van der Waals surface area contributed by atoms with Gasteiger partial charge >= 0.3 is 0 Å². The number of aryl methyl sites for hydroxylation is 1. The van der Waals surface area contributed by atoms with Crippen LogP contribution in [-0.4, -0.2) is 48.7 Å². The maximum absolute atomic E-state index is 13.1. The van der Waals surface area contributed by atoms with E-state index in [0.29, 0.717) is 36.5 Å². The normalized spacial score (nSPS) is 14.4. The predicted octanol–water partition coefficient (Wildman–Crippen LogP) is 5.54. The van der Waals surface area contributed by atoms with Gasteiger partial charge in [-0.2, -0.15) is 4.31 Å². The summed E-state index contributed by atoms with van der Waals surface area (Å²) in [6, 6.07) is 20.9. The third-order valence-electron chi connectivity index (χ3n) is 7.01. The highest BCUT2D eigenvalue weighted by Gasteiger charge is 2.29. The second kappa shape index (κ2) is 11.7. The molecule has 6 nitrogen and oxygen atoms in total. The zero-order valence-corrected chi connectivity index (χ0v) is 24.9. The topological polar surface area (TPSA) is 69.7 Å². The lowest BCUT2D eigenvalue weighted by Gasteiger charge is -2.36. The Morgan fingerprint density at radius 3 is 2.34 bits per heavy atom. The number of hydrogen-bond acceptors (Lipinski definition) is 4. The molecule has 202 valence electrons. The molecule has 3 aromatic rings. The van der Waals surface area contributed by atoms with Gasteiger partial charge < -0.3 is 5.32 Å². The van der Waals surface area contributed by atoms with Crippen LogP contribution in [0.15, 0.2) is 76.1 Å². The van der Waals surface area contributed by atoms with Gasteiger partial charge in [0.25, 0.3) is 5.91 Å². The zero-order valence-electron chi connectivity index (χ0n) is 22.5. The SMILES string of the molecule is Cc1ccc(S(=O)(=O)N2CCc3cc(C(=O)NCCN(Cc4ccc(Br)cc4)C(C)(C)C)ccc3C2)cc1. The summed E-state index contributed by atoms with van der Waals surface area (Å²) in [5.41, 5.74) is 4.77. The summed E-state index contributed by atoms with van der Waals surface area (Å²) < 4.78 is 28.8. The molecular formula is C30H36BrN3O3S. The molecule has 1 heterocycles. The van der Waals surface area contributed by atoms with Gasteiger partial charge in [0.1, 0.15) is 0 Å². The van der Waals surface area contributed by atoms with Crippen molar-refractivity contribution in [2.24, 2.45) is 0 Å². The van der Waals surface area contributed by atoms with Gasteiger partial charge in [-0.1, -0.05) is 51.8 Å². The van der Waals surface area contributed by atoms with Crippen molar-refractivity contribution in [2.75, 3.05) is 19.6 Å². The number of nitrogens with zero attached hydrogens (tertiary/aromatic N) is 2. The smallest absolute Gasteiger partial charge is 0.251 e. The molecular weight excluding hydrogens is 562 g/mol.